The minimum atomic E-state index is -3.34. The predicted octanol–water partition coefficient (Wildman–Crippen LogP) is 1.46. The van der Waals surface area contributed by atoms with E-state index in [1.54, 1.807) is 19.1 Å². The van der Waals surface area contributed by atoms with E-state index in [9.17, 15) is 42.0 Å². The van der Waals surface area contributed by atoms with E-state index in [1.807, 2.05) is 0 Å². The van der Waals surface area contributed by atoms with Crippen LogP contribution in [0.4, 0.5) is 13.2 Å². The summed E-state index contributed by atoms with van der Waals surface area (Å²) in [6.07, 6.45) is -1.72. The molecule has 2 aliphatic heterocycles. The normalized spacial score (nSPS) is 28.0. The van der Waals surface area contributed by atoms with Crippen molar-refractivity contribution >= 4 is 21.6 Å². The molecular weight excluding hydrogens is 601 g/mol. The van der Waals surface area contributed by atoms with Crippen LogP contribution in [0.1, 0.15) is 35.4 Å². The van der Waals surface area contributed by atoms with E-state index in [-0.39, 0.29) is 35.6 Å². The molecule has 2 fully saturated rings. The second-order valence-electron chi connectivity index (χ2n) is 10.5. The quantitative estimate of drug-likeness (QED) is 0.279. The minimum Gasteiger partial charge on any atom is -0.394 e. The Morgan fingerprint density at radius 2 is 1.83 bits per heavy atom. The van der Waals surface area contributed by atoms with Gasteiger partial charge in [0.1, 0.15) is 35.5 Å². The van der Waals surface area contributed by atoms with Crippen molar-refractivity contribution in [3.63, 3.8) is 0 Å². The summed E-state index contributed by atoms with van der Waals surface area (Å²) in [6.45, 7) is 1.12. The summed E-state index contributed by atoms with van der Waals surface area (Å²) in [5.41, 5.74) is -1.81. The van der Waals surface area contributed by atoms with Crippen LogP contribution in [-0.4, -0.2) is 96.3 Å². The number of pyridine rings is 1. The minimum absolute atomic E-state index is 0.0804. The Bertz CT molecular complexity index is 1520. The number of aliphatic hydroxyl groups is 4. The molecule has 16 heteroatoms. The van der Waals surface area contributed by atoms with Crippen molar-refractivity contribution in [1.29, 1.82) is 0 Å². The Hall–Kier alpha value is -2.60. The highest BCUT2D eigenvalue weighted by molar-refractivity contribution is 8.00. The molecule has 6 atom stereocenters. The van der Waals surface area contributed by atoms with Crippen molar-refractivity contribution in [2.24, 2.45) is 0 Å². The van der Waals surface area contributed by atoms with Gasteiger partial charge in [-0.15, -0.1) is 16.9 Å². The average Bonchev–Trinajstić information content (AvgIpc) is 3.43. The van der Waals surface area contributed by atoms with Crippen LogP contribution in [0.5, 0.6) is 0 Å². The summed E-state index contributed by atoms with van der Waals surface area (Å²) < 4.78 is 72.3. The molecule has 42 heavy (non-hydrogen) atoms. The van der Waals surface area contributed by atoms with Gasteiger partial charge in [0.25, 0.3) is 0 Å². The van der Waals surface area contributed by atoms with E-state index in [0.717, 1.165) is 28.6 Å². The predicted molar refractivity (Wildman–Crippen MR) is 144 cm³/mol. The van der Waals surface area contributed by atoms with Gasteiger partial charge in [-0.1, -0.05) is 11.3 Å². The number of ether oxygens (including phenoxy) is 1. The average molecular weight is 631 g/mol. The number of aryl methyl sites for hydroxylation is 1. The molecule has 3 aromatic rings. The summed E-state index contributed by atoms with van der Waals surface area (Å²) in [6, 6.07) is 3.65. The van der Waals surface area contributed by atoms with Gasteiger partial charge in [0.2, 0.25) is 0 Å². The van der Waals surface area contributed by atoms with E-state index in [1.165, 1.54) is 12.4 Å². The largest absolute Gasteiger partial charge is 0.394 e. The third-order valence-corrected chi connectivity index (χ3v) is 10.9. The van der Waals surface area contributed by atoms with E-state index < -0.39 is 74.5 Å². The van der Waals surface area contributed by atoms with Crippen molar-refractivity contribution < 1.29 is 46.8 Å². The van der Waals surface area contributed by atoms with E-state index in [4.69, 9.17) is 4.74 Å². The maximum Gasteiger partial charge on any atom is 0.194 e. The maximum absolute atomic E-state index is 13.8. The fourth-order valence-corrected chi connectivity index (χ4v) is 8.45. The number of aliphatic hydroxyl groups excluding tert-OH is 3. The van der Waals surface area contributed by atoms with Crippen LogP contribution in [-0.2, 0) is 14.6 Å². The van der Waals surface area contributed by atoms with Gasteiger partial charge >= 0.3 is 0 Å². The highest BCUT2D eigenvalue weighted by Gasteiger charge is 2.51. The standard InChI is InChI=1S/C26H29F3N4O7S2/c1-13-3-2-6-30-20(13)24(26(37)4-7-42(38,39)8-5-26)41-25-23(36)21(22(35)18(12-34)40-25)33-11-17(31-32-33)14-9-15(27)19(29)16(28)10-14/h2-3,6,9-11,18,21-25,34-37H,4-5,7-8,12H2,1H3/t18-,21+,22+,23-,24-,25+/m1/s1. The molecule has 4 N–H and O–H groups in total. The third kappa shape index (κ3) is 5.93. The number of thioether (sulfide) groups is 1. The van der Waals surface area contributed by atoms with Crippen LogP contribution in [0.2, 0.25) is 0 Å². The third-order valence-electron chi connectivity index (χ3n) is 7.69. The van der Waals surface area contributed by atoms with Crippen LogP contribution < -0.4 is 0 Å². The molecule has 0 saturated carbocycles. The Morgan fingerprint density at radius 1 is 1.17 bits per heavy atom. The molecule has 2 aromatic heterocycles. The number of benzene rings is 1. The molecule has 2 saturated heterocycles. The molecule has 4 heterocycles. The molecule has 228 valence electrons. The number of rotatable bonds is 7. The highest BCUT2D eigenvalue weighted by atomic mass is 32.2. The summed E-state index contributed by atoms with van der Waals surface area (Å²) in [7, 11) is -3.34. The Morgan fingerprint density at radius 3 is 2.45 bits per heavy atom. The zero-order chi connectivity index (χ0) is 30.4. The fraction of sp³-hybridized carbons (Fsp3) is 0.500. The number of hydrogen-bond donors (Lipinski definition) is 4. The lowest BCUT2D eigenvalue weighted by Gasteiger charge is -2.45. The molecule has 5 rings (SSSR count). The van der Waals surface area contributed by atoms with Gasteiger partial charge in [-0.25, -0.2) is 26.3 Å². The number of nitrogens with zero attached hydrogens (tertiary/aromatic N) is 4. The highest BCUT2D eigenvalue weighted by Crippen LogP contribution is 2.49. The monoisotopic (exact) mass is 630 g/mol. The van der Waals surface area contributed by atoms with Gasteiger partial charge in [-0.3, -0.25) is 4.98 Å². The number of halogens is 3. The van der Waals surface area contributed by atoms with Crippen LogP contribution in [0.15, 0.2) is 36.7 Å². The Labute approximate surface area is 243 Å². The Kier molecular flexibility index (Phi) is 8.68. The molecule has 11 nitrogen and oxygen atoms in total. The van der Waals surface area contributed by atoms with Gasteiger partial charge in [0.05, 0.1) is 40.9 Å². The zero-order valence-corrected chi connectivity index (χ0v) is 23.8. The summed E-state index contributed by atoms with van der Waals surface area (Å²) >= 11 is 0.971. The fourth-order valence-electron chi connectivity index (χ4n) is 5.26. The molecule has 2 aliphatic rings. The second-order valence-corrected chi connectivity index (χ2v) is 14.0. The molecule has 0 unspecified atom stereocenters. The van der Waals surface area contributed by atoms with Crippen molar-refractivity contribution in [2.45, 2.75) is 60.4 Å². The first-order chi connectivity index (χ1) is 19.8. The van der Waals surface area contributed by atoms with Gasteiger partial charge in [0, 0.05) is 11.8 Å². The van der Waals surface area contributed by atoms with Crippen molar-refractivity contribution in [3.05, 3.63) is 65.4 Å². The van der Waals surface area contributed by atoms with Gasteiger partial charge < -0.3 is 25.2 Å². The molecule has 0 aliphatic carbocycles. The number of aromatic nitrogens is 4. The first-order valence-electron chi connectivity index (χ1n) is 13.0. The smallest absolute Gasteiger partial charge is 0.194 e. The van der Waals surface area contributed by atoms with E-state index in [2.05, 4.69) is 15.3 Å². The Balaban J connectivity index is 1.48. The van der Waals surface area contributed by atoms with Gasteiger partial charge in [0.15, 0.2) is 27.3 Å². The van der Waals surface area contributed by atoms with Crippen LogP contribution in [0, 0.1) is 24.4 Å². The molecule has 1 aromatic carbocycles. The topological polar surface area (TPSA) is 168 Å². The first kappa shape index (κ1) is 30.8. The molecule has 0 radical (unpaired) electrons. The van der Waals surface area contributed by atoms with Crippen molar-refractivity contribution in [2.75, 3.05) is 18.1 Å². The van der Waals surface area contributed by atoms with E-state index in [0.29, 0.717) is 11.3 Å². The van der Waals surface area contributed by atoms with Crippen molar-refractivity contribution in [3.8, 4) is 11.3 Å². The van der Waals surface area contributed by atoms with Gasteiger partial charge in [-0.2, -0.15) is 0 Å². The summed E-state index contributed by atoms with van der Waals surface area (Å²) in [4.78, 5) is 4.43. The molecule has 0 amide bonds. The lowest BCUT2D eigenvalue weighted by molar-refractivity contribution is -0.179. The molecular formula is C26H29F3N4O7S2. The lowest BCUT2D eigenvalue weighted by atomic mass is 9.89. The summed E-state index contributed by atoms with van der Waals surface area (Å²) in [5.74, 6) is -5.01. The first-order valence-corrected chi connectivity index (χ1v) is 15.8. The van der Waals surface area contributed by atoms with Crippen LogP contribution in [0.25, 0.3) is 11.3 Å². The maximum atomic E-state index is 13.8. The zero-order valence-electron chi connectivity index (χ0n) is 22.2. The molecule has 0 spiro atoms. The van der Waals surface area contributed by atoms with Crippen LogP contribution >= 0.6 is 11.8 Å². The van der Waals surface area contributed by atoms with Crippen LogP contribution in [0.3, 0.4) is 0 Å². The van der Waals surface area contributed by atoms with E-state index >= 15 is 0 Å². The van der Waals surface area contributed by atoms with Crippen molar-refractivity contribution in [1.82, 2.24) is 20.0 Å². The summed E-state index contributed by atoms with van der Waals surface area (Å²) in [5, 5.41) is 51.0. The second kappa shape index (κ2) is 11.8. The SMILES string of the molecule is Cc1cccnc1[C@@H](S[C@@H]1O[C@H](CO)[C@H](O)[C@H](n2cc(-c3cc(F)c(F)c(F)c3)nn2)[C@H]1O)C1(O)CCS(=O)(=O)CC1. The van der Waals surface area contributed by atoms with Gasteiger partial charge in [-0.05, 0) is 43.5 Å². The lowest BCUT2D eigenvalue weighted by Crippen LogP contribution is -2.55. The number of sulfone groups is 1. The molecule has 0 bridgehead atoms. The number of hydrogen-bond acceptors (Lipinski definition) is 11.